The fourth-order valence-corrected chi connectivity index (χ4v) is 3.69. The lowest BCUT2D eigenvalue weighted by Crippen LogP contribution is -2.47. The molecular weight excluding hydrogens is 444 g/mol. The Morgan fingerprint density at radius 1 is 1.13 bits per heavy atom. The van der Waals surface area contributed by atoms with E-state index in [0.717, 1.165) is 5.56 Å². The Labute approximate surface area is 181 Å². The van der Waals surface area contributed by atoms with E-state index in [-0.39, 0.29) is 33.9 Å². The highest BCUT2D eigenvalue weighted by atomic mass is 35.5. The number of fused-ring (bicyclic) bond motifs is 1. The number of ether oxygens (including phenoxy) is 2. The Morgan fingerprint density at radius 2 is 1.80 bits per heavy atom. The first-order valence-electron chi connectivity index (χ1n) is 9.04. The lowest BCUT2D eigenvalue weighted by Gasteiger charge is -2.33. The molecule has 1 aliphatic heterocycles. The molecule has 0 fully saturated rings. The van der Waals surface area contributed by atoms with Gasteiger partial charge in [-0.05, 0) is 41.7 Å². The first kappa shape index (κ1) is 22.6. The summed E-state index contributed by atoms with van der Waals surface area (Å²) in [7, 11) is 0. The molecule has 0 saturated heterocycles. The Hall–Kier alpha value is -2.12. The number of alkyl halides is 3. The maximum absolute atomic E-state index is 13.3. The van der Waals surface area contributed by atoms with Crippen LogP contribution >= 0.6 is 23.2 Å². The summed E-state index contributed by atoms with van der Waals surface area (Å²) in [6.07, 6.45) is -7.66. The monoisotopic (exact) mass is 462 g/mol. The van der Waals surface area contributed by atoms with Gasteiger partial charge in [-0.1, -0.05) is 44.0 Å². The molecule has 0 amide bonds. The summed E-state index contributed by atoms with van der Waals surface area (Å²) < 4.78 is 51.0. The van der Waals surface area contributed by atoms with Crippen LogP contribution in [0.15, 0.2) is 30.3 Å². The highest BCUT2D eigenvalue weighted by molar-refractivity contribution is 6.32. The number of carboxylic acid groups (broad SMARTS) is 1. The Kier molecular flexibility index (Phi) is 5.91. The van der Waals surface area contributed by atoms with Gasteiger partial charge in [0.2, 0.25) is 6.10 Å². The zero-order valence-corrected chi connectivity index (χ0v) is 17.8. The molecule has 3 rings (SSSR count). The highest BCUT2D eigenvalue weighted by Crippen LogP contribution is 2.44. The van der Waals surface area contributed by atoms with Crippen LogP contribution in [0.1, 0.15) is 31.9 Å². The van der Waals surface area contributed by atoms with Crippen LogP contribution in [0.5, 0.6) is 17.2 Å². The molecule has 0 bridgehead atoms. The second kappa shape index (κ2) is 7.85. The molecule has 1 aliphatic rings. The Morgan fingerprint density at radius 3 is 2.37 bits per heavy atom. The maximum Gasteiger partial charge on any atom is 0.426 e. The van der Waals surface area contributed by atoms with Crippen molar-refractivity contribution >= 4 is 29.2 Å². The molecule has 0 aromatic heterocycles. The molecule has 9 heteroatoms. The van der Waals surface area contributed by atoms with Gasteiger partial charge >= 0.3 is 12.1 Å². The van der Waals surface area contributed by atoms with Crippen molar-refractivity contribution in [3.8, 4) is 17.2 Å². The van der Waals surface area contributed by atoms with Crippen LogP contribution in [0.3, 0.4) is 0 Å². The van der Waals surface area contributed by atoms with E-state index in [1.54, 1.807) is 18.2 Å². The zero-order chi connectivity index (χ0) is 22.4. The zero-order valence-electron chi connectivity index (χ0n) is 16.3. The lowest BCUT2D eigenvalue weighted by molar-refractivity contribution is -0.217. The molecule has 2 atom stereocenters. The number of halogens is 5. The number of rotatable bonds is 3. The lowest BCUT2D eigenvalue weighted by atomic mass is 9.86. The van der Waals surface area contributed by atoms with Crippen molar-refractivity contribution in [2.45, 2.75) is 44.9 Å². The topological polar surface area (TPSA) is 55.8 Å². The second-order valence-electron chi connectivity index (χ2n) is 8.11. The van der Waals surface area contributed by atoms with E-state index in [0.29, 0.717) is 10.8 Å². The molecule has 2 aromatic carbocycles. The van der Waals surface area contributed by atoms with Gasteiger partial charge in [0.05, 0.1) is 5.02 Å². The van der Waals surface area contributed by atoms with Crippen molar-refractivity contribution < 1.29 is 32.5 Å². The van der Waals surface area contributed by atoms with Crippen molar-refractivity contribution in [3.63, 3.8) is 0 Å². The van der Waals surface area contributed by atoms with E-state index in [1.165, 1.54) is 12.1 Å². The summed E-state index contributed by atoms with van der Waals surface area (Å²) in [4.78, 5) is 11.3. The number of hydrogen-bond donors (Lipinski definition) is 1. The molecule has 1 N–H and O–H groups in total. The average Bonchev–Trinajstić information content (AvgIpc) is 2.61. The molecule has 4 nitrogen and oxygen atoms in total. The van der Waals surface area contributed by atoms with Gasteiger partial charge in [-0.25, -0.2) is 0 Å². The van der Waals surface area contributed by atoms with E-state index in [4.69, 9.17) is 32.7 Å². The molecule has 2 unspecified atom stereocenters. The number of hydrogen-bond acceptors (Lipinski definition) is 3. The first-order chi connectivity index (χ1) is 13.8. The van der Waals surface area contributed by atoms with Gasteiger partial charge in [0, 0.05) is 16.7 Å². The third-order valence-corrected chi connectivity index (χ3v) is 5.31. The van der Waals surface area contributed by atoms with Gasteiger partial charge < -0.3 is 14.6 Å². The largest absolute Gasteiger partial charge is 0.481 e. The van der Waals surface area contributed by atoms with Crippen molar-refractivity contribution in [2.24, 2.45) is 5.92 Å². The van der Waals surface area contributed by atoms with E-state index >= 15 is 0 Å². The van der Waals surface area contributed by atoms with Crippen LogP contribution in [0.2, 0.25) is 10.0 Å². The van der Waals surface area contributed by atoms with E-state index in [1.807, 2.05) is 20.8 Å². The number of carboxylic acids is 1. The predicted molar refractivity (Wildman–Crippen MR) is 107 cm³/mol. The normalized spacial score (nSPS) is 19.1. The van der Waals surface area contributed by atoms with Crippen LogP contribution in [0, 0.1) is 5.92 Å². The third kappa shape index (κ3) is 4.62. The van der Waals surface area contributed by atoms with Gasteiger partial charge in [-0.2, -0.15) is 13.2 Å². The first-order valence-corrected chi connectivity index (χ1v) is 9.79. The van der Waals surface area contributed by atoms with Crippen molar-refractivity contribution in [3.05, 3.63) is 51.5 Å². The van der Waals surface area contributed by atoms with E-state index < -0.39 is 24.2 Å². The number of carbonyl (C=O) groups is 1. The summed E-state index contributed by atoms with van der Waals surface area (Å²) in [6.45, 7) is 5.88. The number of aliphatic carboxylic acids is 1. The number of benzene rings is 2. The summed E-state index contributed by atoms with van der Waals surface area (Å²) in [5.41, 5.74) is 0.726. The van der Waals surface area contributed by atoms with E-state index in [2.05, 4.69) is 0 Å². The highest BCUT2D eigenvalue weighted by Gasteiger charge is 2.52. The van der Waals surface area contributed by atoms with Crippen molar-refractivity contribution in [1.82, 2.24) is 0 Å². The summed E-state index contributed by atoms with van der Waals surface area (Å²) in [5, 5.41) is 9.84. The Bertz CT molecular complexity index is 983. The molecule has 0 aliphatic carbocycles. The molecule has 30 heavy (non-hydrogen) atoms. The fourth-order valence-electron chi connectivity index (χ4n) is 3.29. The van der Waals surface area contributed by atoms with Crippen LogP contribution in [-0.2, 0) is 16.6 Å². The third-order valence-electron chi connectivity index (χ3n) is 4.78. The van der Waals surface area contributed by atoms with Crippen LogP contribution in [-0.4, -0.2) is 23.4 Å². The summed E-state index contributed by atoms with van der Waals surface area (Å²) in [6, 6.07) is 7.67. The average molecular weight is 463 g/mol. The molecular formula is C21H19Cl2F3O4. The van der Waals surface area contributed by atoms with Crippen molar-refractivity contribution in [1.29, 1.82) is 0 Å². The molecule has 1 heterocycles. The molecule has 162 valence electrons. The minimum atomic E-state index is -4.84. The van der Waals surface area contributed by atoms with Gasteiger partial charge in [0.25, 0.3) is 0 Å². The minimum absolute atomic E-state index is 0.0953. The molecule has 0 radical (unpaired) electrons. The smallest absolute Gasteiger partial charge is 0.426 e. The quantitative estimate of drug-likeness (QED) is 0.554. The van der Waals surface area contributed by atoms with Crippen LogP contribution < -0.4 is 9.47 Å². The van der Waals surface area contributed by atoms with E-state index in [9.17, 15) is 23.1 Å². The SMILES string of the molecule is CC(C)(C)c1cc(Cl)ccc1Oc1cc2c(cc1Cl)CC(C(=O)O)C(C(F)(F)F)O2. The van der Waals surface area contributed by atoms with Crippen molar-refractivity contribution in [2.75, 3.05) is 0 Å². The summed E-state index contributed by atoms with van der Waals surface area (Å²) in [5.74, 6) is -2.92. The van der Waals surface area contributed by atoms with Crippen LogP contribution in [0.25, 0.3) is 0 Å². The minimum Gasteiger partial charge on any atom is -0.481 e. The van der Waals surface area contributed by atoms with Gasteiger partial charge in [0.1, 0.15) is 23.2 Å². The molecule has 0 saturated carbocycles. The predicted octanol–water partition coefficient (Wildman–Crippen LogP) is 6.65. The maximum atomic E-state index is 13.3. The van der Waals surface area contributed by atoms with Gasteiger partial charge in [0.15, 0.2) is 0 Å². The second-order valence-corrected chi connectivity index (χ2v) is 8.96. The standard InChI is InChI=1S/C21H19Cl2F3O4/c1-20(2,3)13-8-11(22)4-5-15(13)29-17-9-16-10(7-14(17)23)6-12(19(27)28)18(30-16)21(24,25)26/h4-5,7-9,12,18H,6H2,1-3H3,(H,27,28). The Balaban J connectivity index is 2.01. The van der Waals surface area contributed by atoms with Crippen LogP contribution in [0.4, 0.5) is 13.2 Å². The van der Waals surface area contributed by atoms with Gasteiger partial charge in [-0.3, -0.25) is 4.79 Å². The van der Waals surface area contributed by atoms with Gasteiger partial charge in [-0.15, -0.1) is 0 Å². The molecule has 2 aromatic rings. The fraction of sp³-hybridized carbons (Fsp3) is 0.381. The summed E-state index contributed by atoms with van der Waals surface area (Å²) >= 11 is 12.4. The molecule has 0 spiro atoms.